The molecule has 1 aromatic carbocycles. The standard InChI is InChI=1S/C20H22N2O5/c1-21-11-14(13-5-6-16-17(10-13)27-12-26-16)19(20(24)25)15(21)7-9-22-8-3-2-4-18(22)23/h2-6,8,10,14-15,19H,7,9,11-12H2,1H3,(H,24,25). The highest BCUT2D eigenvalue weighted by molar-refractivity contribution is 5.73. The zero-order valence-electron chi connectivity index (χ0n) is 15.1. The van der Waals surface area contributed by atoms with Gasteiger partial charge in [0.15, 0.2) is 11.5 Å². The maximum absolute atomic E-state index is 12.1. The van der Waals surface area contributed by atoms with Crippen LogP contribution in [0.4, 0.5) is 0 Å². The molecule has 2 aromatic rings. The topological polar surface area (TPSA) is 81.0 Å². The first-order chi connectivity index (χ1) is 13.0. The second kappa shape index (κ2) is 7.08. The minimum Gasteiger partial charge on any atom is -0.481 e. The first kappa shape index (κ1) is 17.6. The van der Waals surface area contributed by atoms with Crippen molar-refractivity contribution in [3.05, 3.63) is 58.5 Å². The van der Waals surface area contributed by atoms with Crippen molar-refractivity contribution in [2.75, 3.05) is 20.4 Å². The number of nitrogens with zero attached hydrogens (tertiary/aromatic N) is 2. The number of hydrogen-bond acceptors (Lipinski definition) is 5. The number of fused-ring (bicyclic) bond motifs is 1. The average Bonchev–Trinajstić information content (AvgIpc) is 3.24. The van der Waals surface area contributed by atoms with E-state index in [-0.39, 0.29) is 24.3 Å². The van der Waals surface area contributed by atoms with Gasteiger partial charge in [0.2, 0.25) is 12.4 Å². The number of ether oxygens (including phenoxy) is 2. The Bertz CT molecular complexity index is 909. The van der Waals surface area contributed by atoms with Crippen LogP contribution in [-0.2, 0) is 11.3 Å². The minimum absolute atomic E-state index is 0.0719. The molecule has 27 heavy (non-hydrogen) atoms. The molecular weight excluding hydrogens is 348 g/mol. The Hall–Kier alpha value is -2.80. The smallest absolute Gasteiger partial charge is 0.308 e. The van der Waals surface area contributed by atoms with Crippen LogP contribution in [0.15, 0.2) is 47.4 Å². The average molecular weight is 370 g/mol. The molecule has 1 N–H and O–H groups in total. The van der Waals surface area contributed by atoms with Gasteiger partial charge in [-0.1, -0.05) is 12.1 Å². The molecule has 3 atom stereocenters. The number of likely N-dealkylation sites (tertiary alicyclic amines) is 1. The third-order valence-electron chi connectivity index (χ3n) is 5.57. The third-order valence-corrected chi connectivity index (χ3v) is 5.57. The van der Waals surface area contributed by atoms with E-state index in [4.69, 9.17) is 9.47 Å². The first-order valence-electron chi connectivity index (χ1n) is 9.02. The zero-order chi connectivity index (χ0) is 19.0. The summed E-state index contributed by atoms with van der Waals surface area (Å²) in [4.78, 5) is 26.1. The number of pyridine rings is 1. The summed E-state index contributed by atoms with van der Waals surface area (Å²) in [7, 11) is 1.95. The molecule has 1 fully saturated rings. The molecule has 7 nitrogen and oxygen atoms in total. The van der Waals surface area contributed by atoms with Crippen LogP contribution in [0, 0.1) is 5.92 Å². The number of carboxylic acids is 1. The second-order valence-corrected chi connectivity index (χ2v) is 7.11. The molecule has 142 valence electrons. The van der Waals surface area contributed by atoms with Crippen LogP contribution in [0.5, 0.6) is 11.5 Å². The number of carboxylic acid groups (broad SMARTS) is 1. The number of rotatable bonds is 5. The molecule has 1 aromatic heterocycles. The van der Waals surface area contributed by atoms with Gasteiger partial charge in [-0.25, -0.2) is 0 Å². The van der Waals surface area contributed by atoms with Crippen molar-refractivity contribution in [2.45, 2.75) is 24.9 Å². The Morgan fingerprint density at radius 3 is 2.81 bits per heavy atom. The normalized spacial score (nSPS) is 24.3. The minimum atomic E-state index is -0.813. The van der Waals surface area contributed by atoms with Gasteiger partial charge in [0, 0.05) is 37.3 Å². The molecule has 0 amide bonds. The predicted molar refractivity (Wildman–Crippen MR) is 98.2 cm³/mol. The van der Waals surface area contributed by atoms with E-state index < -0.39 is 11.9 Å². The van der Waals surface area contributed by atoms with E-state index >= 15 is 0 Å². The molecule has 3 unspecified atom stereocenters. The third kappa shape index (κ3) is 3.30. The number of aliphatic carboxylic acids is 1. The van der Waals surface area contributed by atoms with E-state index in [1.165, 1.54) is 6.07 Å². The summed E-state index contributed by atoms with van der Waals surface area (Å²) in [5, 5.41) is 9.93. The monoisotopic (exact) mass is 370 g/mol. The van der Waals surface area contributed by atoms with Gasteiger partial charge >= 0.3 is 5.97 Å². The van der Waals surface area contributed by atoms with Crippen molar-refractivity contribution in [1.82, 2.24) is 9.47 Å². The van der Waals surface area contributed by atoms with Crippen molar-refractivity contribution in [3.8, 4) is 11.5 Å². The summed E-state index contributed by atoms with van der Waals surface area (Å²) in [6.07, 6.45) is 2.33. The molecule has 0 saturated carbocycles. The number of hydrogen-bond donors (Lipinski definition) is 1. The summed E-state index contributed by atoms with van der Waals surface area (Å²) < 4.78 is 12.4. The Balaban J connectivity index is 1.57. The fourth-order valence-electron chi connectivity index (χ4n) is 4.21. The molecule has 0 spiro atoms. The summed E-state index contributed by atoms with van der Waals surface area (Å²) in [5.41, 5.74) is 0.871. The lowest BCUT2D eigenvalue weighted by atomic mass is 9.84. The SMILES string of the molecule is CN1CC(c2ccc3c(c2)OCO3)C(C(=O)O)C1CCn1ccccc1=O. The molecule has 2 aliphatic rings. The summed E-state index contributed by atoms with van der Waals surface area (Å²) in [5.74, 6) is -0.141. The number of benzene rings is 1. The highest BCUT2D eigenvalue weighted by atomic mass is 16.7. The highest BCUT2D eigenvalue weighted by Crippen LogP contribution is 2.42. The summed E-state index contributed by atoms with van der Waals surface area (Å²) in [6.45, 7) is 1.33. The number of aromatic nitrogens is 1. The molecule has 3 heterocycles. The fourth-order valence-corrected chi connectivity index (χ4v) is 4.21. The lowest BCUT2D eigenvalue weighted by Gasteiger charge is -2.24. The Kier molecular flexibility index (Phi) is 4.61. The van der Waals surface area contributed by atoms with Crippen molar-refractivity contribution < 1.29 is 19.4 Å². The number of aryl methyl sites for hydroxylation is 1. The van der Waals surface area contributed by atoms with E-state index in [0.717, 1.165) is 5.56 Å². The van der Waals surface area contributed by atoms with Gasteiger partial charge in [0.25, 0.3) is 0 Å². The quantitative estimate of drug-likeness (QED) is 0.864. The van der Waals surface area contributed by atoms with Gasteiger partial charge in [-0.15, -0.1) is 0 Å². The highest BCUT2D eigenvalue weighted by Gasteiger charge is 2.45. The van der Waals surface area contributed by atoms with Crippen LogP contribution in [0.25, 0.3) is 0 Å². The van der Waals surface area contributed by atoms with E-state index in [1.807, 2.05) is 31.3 Å². The summed E-state index contributed by atoms with van der Waals surface area (Å²) >= 11 is 0. The zero-order valence-corrected chi connectivity index (χ0v) is 15.1. The molecule has 7 heteroatoms. The Morgan fingerprint density at radius 2 is 2.04 bits per heavy atom. The van der Waals surface area contributed by atoms with Crippen LogP contribution in [-0.4, -0.2) is 47.0 Å². The number of carbonyl (C=O) groups is 1. The van der Waals surface area contributed by atoms with E-state index in [0.29, 0.717) is 31.0 Å². The van der Waals surface area contributed by atoms with Crippen molar-refractivity contribution in [2.24, 2.45) is 5.92 Å². The maximum atomic E-state index is 12.1. The van der Waals surface area contributed by atoms with Gasteiger partial charge in [-0.2, -0.15) is 0 Å². The van der Waals surface area contributed by atoms with Gasteiger partial charge < -0.3 is 24.0 Å². The summed E-state index contributed by atoms with van der Waals surface area (Å²) in [6, 6.07) is 10.5. The van der Waals surface area contributed by atoms with E-state index in [1.54, 1.807) is 16.8 Å². The van der Waals surface area contributed by atoms with Gasteiger partial charge in [-0.05, 0) is 37.2 Å². The largest absolute Gasteiger partial charge is 0.481 e. The molecule has 0 bridgehead atoms. The number of likely N-dealkylation sites (N-methyl/N-ethyl adjacent to an activating group) is 1. The van der Waals surface area contributed by atoms with E-state index in [9.17, 15) is 14.7 Å². The fraction of sp³-hybridized carbons (Fsp3) is 0.400. The van der Waals surface area contributed by atoms with Crippen LogP contribution in [0.1, 0.15) is 17.9 Å². The van der Waals surface area contributed by atoms with Gasteiger partial charge in [0.1, 0.15) is 0 Å². The molecule has 1 saturated heterocycles. The maximum Gasteiger partial charge on any atom is 0.308 e. The first-order valence-corrected chi connectivity index (χ1v) is 9.02. The lowest BCUT2D eigenvalue weighted by molar-refractivity contribution is -0.143. The van der Waals surface area contributed by atoms with Crippen LogP contribution >= 0.6 is 0 Å². The van der Waals surface area contributed by atoms with Crippen LogP contribution in [0.2, 0.25) is 0 Å². The van der Waals surface area contributed by atoms with Crippen molar-refractivity contribution >= 4 is 5.97 Å². The van der Waals surface area contributed by atoms with Gasteiger partial charge in [0.05, 0.1) is 5.92 Å². The van der Waals surface area contributed by atoms with Gasteiger partial charge in [-0.3, -0.25) is 9.59 Å². The predicted octanol–water partition coefficient (Wildman–Crippen LogP) is 1.77. The molecule has 0 aliphatic carbocycles. The molecular formula is C20H22N2O5. The molecule has 0 radical (unpaired) electrons. The Labute approximate surface area is 156 Å². The van der Waals surface area contributed by atoms with Crippen molar-refractivity contribution in [1.29, 1.82) is 0 Å². The lowest BCUT2D eigenvalue weighted by Crippen LogP contribution is -2.35. The molecule has 4 rings (SSSR count). The Morgan fingerprint density at radius 1 is 1.22 bits per heavy atom. The second-order valence-electron chi connectivity index (χ2n) is 7.11. The molecule has 2 aliphatic heterocycles. The van der Waals surface area contributed by atoms with E-state index in [2.05, 4.69) is 4.90 Å². The van der Waals surface area contributed by atoms with Crippen LogP contribution in [0.3, 0.4) is 0 Å². The van der Waals surface area contributed by atoms with Crippen molar-refractivity contribution in [3.63, 3.8) is 0 Å². The van der Waals surface area contributed by atoms with Crippen LogP contribution < -0.4 is 15.0 Å².